The van der Waals surface area contributed by atoms with E-state index in [9.17, 15) is 4.79 Å². The van der Waals surface area contributed by atoms with Crippen molar-refractivity contribution >= 4 is 27.6 Å². The molecular weight excluding hydrogens is 308 g/mol. The molecule has 1 saturated carbocycles. The summed E-state index contributed by atoms with van der Waals surface area (Å²) < 4.78 is 5.71. The zero-order valence-corrected chi connectivity index (χ0v) is 12.6. The molecule has 2 heterocycles. The number of carbonyl (C=O) groups excluding carboxylic acids is 1. The number of nitrogens with zero attached hydrogens (tertiary/aromatic N) is 2. The standard InChI is InChI=1S/C14H17BrN2O2/c1-19-13(18)12-11(8-10(15)9-16-12)17-6-4-14(2-3-14)5-7-17/h8-9H,2-7H2,1H3. The summed E-state index contributed by atoms with van der Waals surface area (Å²) in [6.07, 6.45) is 6.84. The van der Waals surface area contributed by atoms with E-state index in [1.165, 1.54) is 32.8 Å². The molecule has 1 aliphatic carbocycles. The minimum atomic E-state index is -0.366. The fourth-order valence-electron chi connectivity index (χ4n) is 2.82. The second kappa shape index (κ2) is 4.78. The van der Waals surface area contributed by atoms with Gasteiger partial charge in [0.25, 0.3) is 0 Å². The van der Waals surface area contributed by atoms with Crippen LogP contribution in [0.3, 0.4) is 0 Å². The molecule has 0 N–H and O–H groups in total. The number of aromatic nitrogens is 1. The maximum Gasteiger partial charge on any atom is 0.358 e. The van der Waals surface area contributed by atoms with Crippen LogP contribution in [0.2, 0.25) is 0 Å². The monoisotopic (exact) mass is 324 g/mol. The van der Waals surface area contributed by atoms with Crippen LogP contribution in [0.25, 0.3) is 0 Å². The molecule has 3 rings (SSSR count). The van der Waals surface area contributed by atoms with Gasteiger partial charge >= 0.3 is 5.97 Å². The lowest BCUT2D eigenvalue weighted by atomic mass is 9.93. The van der Waals surface area contributed by atoms with Crippen molar-refractivity contribution < 1.29 is 9.53 Å². The van der Waals surface area contributed by atoms with Crippen LogP contribution in [0.5, 0.6) is 0 Å². The third kappa shape index (κ3) is 2.48. The number of esters is 1. The zero-order valence-electron chi connectivity index (χ0n) is 11.0. The molecule has 1 aromatic heterocycles. The number of pyridine rings is 1. The molecule has 0 bridgehead atoms. The van der Waals surface area contributed by atoms with Crippen molar-refractivity contribution in [1.82, 2.24) is 4.98 Å². The molecule has 0 amide bonds. The second-order valence-electron chi connectivity index (χ2n) is 5.50. The molecule has 19 heavy (non-hydrogen) atoms. The summed E-state index contributed by atoms with van der Waals surface area (Å²) in [6, 6.07) is 1.96. The summed E-state index contributed by atoms with van der Waals surface area (Å²) in [5, 5.41) is 0. The molecule has 1 saturated heterocycles. The third-order valence-corrected chi connectivity index (χ3v) is 4.77. The minimum absolute atomic E-state index is 0.366. The van der Waals surface area contributed by atoms with Gasteiger partial charge in [0.1, 0.15) is 0 Å². The first kappa shape index (κ1) is 12.9. The van der Waals surface area contributed by atoms with Crippen molar-refractivity contribution in [2.45, 2.75) is 25.7 Å². The molecular formula is C14H17BrN2O2. The number of piperidine rings is 1. The van der Waals surface area contributed by atoms with Gasteiger partial charge in [-0.3, -0.25) is 0 Å². The summed E-state index contributed by atoms with van der Waals surface area (Å²) in [4.78, 5) is 18.3. The van der Waals surface area contributed by atoms with E-state index in [1.54, 1.807) is 6.20 Å². The van der Waals surface area contributed by atoms with Crippen LogP contribution in [0, 0.1) is 5.41 Å². The number of hydrogen-bond donors (Lipinski definition) is 0. The van der Waals surface area contributed by atoms with Gasteiger partial charge in [-0.2, -0.15) is 0 Å². The summed E-state index contributed by atoms with van der Waals surface area (Å²) >= 11 is 3.43. The number of carbonyl (C=O) groups is 1. The van der Waals surface area contributed by atoms with Crippen molar-refractivity contribution in [1.29, 1.82) is 0 Å². The second-order valence-corrected chi connectivity index (χ2v) is 6.42. The summed E-state index contributed by atoms with van der Waals surface area (Å²) in [5.41, 5.74) is 1.93. The van der Waals surface area contributed by atoms with E-state index in [-0.39, 0.29) is 5.97 Å². The Morgan fingerprint density at radius 2 is 2.05 bits per heavy atom. The van der Waals surface area contributed by atoms with Gasteiger partial charge < -0.3 is 9.64 Å². The Bertz CT molecular complexity index is 504. The normalized spacial score (nSPS) is 20.4. The Morgan fingerprint density at radius 3 is 2.63 bits per heavy atom. The van der Waals surface area contributed by atoms with Crippen LogP contribution < -0.4 is 4.90 Å². The Morgan fingerprint density at radius 1 is 1.37 bits per heavy atom. The average Bonchev–Trinajstić information content (AvgIpc) is 3.18. The minimum Gasteiger partial charge on any atom is -0.464 e. The Labute approximate surface area is 121 Å². The Kier molecular flexibility index (Phi) is 3.25. The summed E-state index contributed by atoms with van der Waals surface area (Å²) in [7, 11) is 1.39. The maximum absolute atomic E-state index is 11.8. The van der Waals surface area contributed by atoms with Crippen LogP contribution in [0.4, 0.5) is 5.69 Å². The lowest BCUT2D eigenvalue weighted by Gasteiger charge is -2.34. The predicted octanol–water partition coefficient (Wildman–Crippen LogP) is 3.01. The first-order valence-electron chi connectivity index (χ1n) is 6.62. The smallest absolute Gasteiger partial charge is 0.358 e. The van der Waals surface area contributed by atoms with Crippen LogP contribution in [-0.2, 0) is 4.74 Å². The maximum atomic E-state index is 11.8. The molecule has 0 unspecified atom stereocenters. The predicted molar refractivity (Wildman–Crippen MR) is 76.4 cm³/mol. The number of ether oxygens (including phenoxy) is 1. The molecule has 4 nitrogen and oxygen atoms in total. The lowest BCUT2D eigenvalue weighted by molar-refractivity contribution is 0.0594. The average molecular weight is 325 g/mol. The van der Waals surface area contributed by atoms with Crippen LogP contribution in [-0.4, -0.2) is 31.2 Å². The molecule has 0 radical (unpaired) electrons. The molecule has 5 heteroatoms. The highest BCUT2D eigenvalue weighted by Crippen LogP contribution is 2.54. The van der Waals surface area contributed by atoms with E-state index >= 15 is 0 Å². The SMILES string of the molecule is COC(=O)c1ncc(Br)cc1N1CCC2(CC1)CC2. The Balaban J connectivity index is 1.86. The Hall–Kier alpha value is -1.10. The quantitative estimate of drug-likeness (QED) is 0.784. The first-order chi connectivity index (χ1) is 9.13. The number of anilines is 1. The molecule has 2 fully saturated rings. The van der Waals surface area contributed by atoms with E-state index < -0.39 is 0 Å². The molecule has 1 aromatic rings. The van der Waals surface area contributed by atoms with Crippen LogP contribution in [0.15, 0.2) is 16.7 Å². The van der Waals surface area contributed by atoms with E-state index in [0.29, 0.717) is 11.1 Å². The largest absolute Gasteiger partial charge is 0.464 e. The van der Waals surface area contributed by atoms with Gasteiger partial charge in [-0.05, 0) is 53.1 Å². The lowest BCUT2D eigenvalue weighted by Crippen LogP contribution is -2.35. The molecule has 1 spiro atoms. The van der Waals surface area contributed by atoms with Crippen molar-refractivity contribution in [2.24, 2.45) is 5.41 Å². The van der Waals surface area contributed by atoms with Crippen molar-refractivity contribution in [3.8, 4) is 0 Å². The number of halogens is 1. The third-order valence-electron chi connectivity index (χ3n) is 4.33. The highest BCUT2D eigenvalue weighted by molar-refractivity contribution is 9.10. The van der Waals surface area contributed by atoms with Gasteiger partial charge in [-0.1, -0.05) is 0 Å². The van der Waals surface area contributed by atoms with Gasteiger partial charge in [0.15, 0.2) is 5.69 Å². The fraction of sp³-hybridized carbons (Fsp3) is 0.571. The highest BCUT2D eigenvalue weighted by Gasteiger charge is 2.44. The summed E-state index contributed by atoms with van der Waals surface area (Å²) in [6.45, 7) is 2.00. The van der Waals surface area contributed by atoms with Crippen LogP contribution in [0.1, 0.15) is 36.2 Å². The van der Waals surface area contributed by atoms with E-state index in [2.05, 4.69) is 25.8 Å². The molecule has 1 aliphatic heterocycles. The van der Waals surface area contributed by atoms with Gasteiger partial charge in [-0.25, -0.2) is 9.78 Å². The van der Waals surface area contributed by atoms with Crippen LogP contribution >= 0.6 is 15.9 Å². The van der Waals surface area contributed by atoms with Gasteiger partial charge in [0.2, 0.25) is 0 Å². The molecule has 0 aromatic carbocycles. The van der Waals surface area contributed by atoms with Crippen molar-refractivity contribution in [3.05, 3.63) is 22.4 Å². The van der Waals surface area contributed by atoms with Crippen molar-refractivity contribution in [3.63, 3.8) is 0 Å². The van der Waals surface area contributed by atoms with E-state index in [1.807, 2.05) is 6.07 Å². The molecule has 102 valence electrons. The summed E-state index contributed by atoms with van der Waals surface area (Å²) in [5.74, 6) is -0.366. The zero-order chi connectivity index (χ0) is 13.5. The molecule has 0 atom stereocenters. The van der Waals surface area contributed by atoms with E-state index in [4.69, 9.17) is 4.74 Å². The van der Waals surface area contributed by atoms with Gasteiger partial charge in [0.05, 0.1) is 12.8 Å². The van der Waals surface area contributed by atoms with Gasteiger partial charge in [-0.15, -0.1) is 0 Å². The topological polar surface area (TPSA) is 42.4 Å². The van der Waals surface area contributed by atoms with E-state index in [0.717, 1.165) is 23.2 Å². The number of rotatable bonds is 2. The first-order valence-corrected chi connectivity index (χ1v) is 7.42. The van der Waals surface area contributed by atoms with Crippen molar-refractivity contribution in [2.75, 3.05) is 25.1 Å². The number of methoxy groups -OCH3 is 1. The number of hydrogen-bond acceptors (Lipinski definition) is 4. The molecule has 2 aliphatic rings. The highest BCUT2D eigenvalue weighted by atomic mass is 79.9. The van der Waals surface area contributed by atoms with Gasteiger partial charge in [0, 0.05) is 23.8 Å². The fourth-order valence-corrected chi connectivity index (χ4v) is 3.14.